The molecule has 1 aromatic rings. The maximum Gasteiger partial charge on any atom is 0.324 e. The molecule has 0 saturated carbocycles. The molecule has 1 heterocycles. The van der Waals surface area contributed by atoms with Gasteiger partial charge in [0.1, 0.15) is 6.33 Å². The van der Waals surface area contributed by atoms with Crippen molar-refractivity contribution in [2.75, 3.05) is 11.9 Å². The summed E-state index contributed by atoms with van der Waals surface area (Å²) in [5.41, 5.74) is 0. The van der Waals surface area contributed by atoms with Crippen molar-refractivity contribution in [1.29, 1.82) is 0 Å². The number of aromatic nitrogens is 2. The Kier molecular flexibility index (Phi) is 3.02. The molecule has 74 valence electrons. The summed E-state index contributed by atoms with van der Waals surface area (Å²) in [7, 11) is 0. The van der Waals surface area contributed by atoms with Gasteiger partial charge in [-0.3, -0.25) is 0 Å². The Hall–Kier alpha value is -0.920. The van der Waals surface area contributed by atoms with Crippen LogP contribution in [0, 0.1) is 0 Å². The quantitative estimate of drug-likeness (QED) is 0.779. The third-order valence-corrected chi connectivity index (χ3v) is 1.78. The third kappa shape index (κ3) is 2.79. The molecule has 0 aliphatic heterocycles. The molecule has 0 amide bonds. The Morgan fingerprint density at radius 1 is 1.54 bits per heavy atom. The largest absolute Gasteiger partial charge is 0.354 e. The lowest BCUT2D eigenvalue weighted by Crippen LogP contribution is -2.34. The second-order valence-corrected chi connectivity index (χ2v) is 2.94. The van der Waals surface area contributed by atoms with E-state index in [9.17, 15) is 17.6 Å². The number of nitrogens with zero attached hydrogens (tertiary/aromatic N) is 2. The van der Waals surface area contributed by atoms with Gasteiger partial charge in [-0.15, -0.1) is 0 Å². The minimum Gasteiger partial charge on any atom is -0.354 e. The molecular weight excluding hydrogens is 210 g/mol. The predicted molar refractivity (Wildman–Crippen MR) is 39.3 cm³/mol. The molecule has 13 heavy (non-hydrogen) atoms. The second-order valence-electron chi connectivity index (χ2n) is 2.16. The highest BCUT2D eigenvalue weighted by atomic mass is 32.1. The van der Waals surface area contributed by atoms with Gasteiger partial charge < -0.3 is 5.32 Å². The minimum absolute atomic E-state index is 0.0975. The first kappa shape index (κ1) is 10.2. The van der Waals surface area contributed by atoms with Gasteiger partial charge in [0.05, 0.1) is 6.54 Å². The summed E-state index contributed by atoms with van der Waals surface area (Å²) in [6, 6.07) is 0. The molecule has 0 spiro atoms. The van der Waals surface area contributed by atoms with Crippen LogP contribution in [-0.2, 0) is 0 Å². The van der Waals surface area contributed by atoms with Crippen molar-refractivity contribution in [3.8, 4) is 0 Å². The number of hydrogen-bond acceptors (Lipinski definition) is 4. The van der Waals surface area contributed by atoms with Gasteiger partial charge in [-0.1, -0.05) is 0 Å². The highest BCUT2D eigenvalue weighted by molar-refractivity contribution is 7.09. The maximum atomic E-state index is 12.3. The van der Waals surface area contributed by atoms with Crippen LogP contribution in [0.25, 0.3) is 0 Å². The number of halogens is 4. The molecule has 0 atom stereocenters. The number of rotatable bonds is 4. The van der Waals surface area contributed by atoms with Crippen LogP contribution in [0.4, 0.5) is 22.7 Å². The fourth-order valence-electron chi connectivity index (χ4n) is 0.522. The molecule has 0 unspecified atom stereocenters. The van der Waals surface area contributed by atoms with Gasteiger partial charge in [-0.2, -0.15) is 13.2 Å². The van der Waals surface area contributed by atoms with Gasteiger partial charge in [-0.05, 0) is 0 Å². The highest BCUT2D eigenvalue weighted by Crippen LogP contribution is 2.23. The summed E-state index contributed by atoms with van der Waals surface area (Å²) in [6.45, 7) is -1.14. The Labute approximate surface area is 75.0 Å². The van der Waals surface area contributed by atoms with Crippen molar-refractivity contribution in [3.05, 3.63) is 6.33 Å². The predicted octanol–water partition coefficient (Wildman–Crippen LogP) is 1.85. The average molecular weight is 215 g/mol. The molecule has 0 aliphatic rings. The van der Waals surface area contributed by atoms with E-state index in [1.165, 1.54) is 0 Å². The van der Waals surface area contributed by atoms with E-state index in [2.05, 4.69) is 14.7 Å². The zero-order valence-electron chi connectivity index (χ0n) is 6.18. The van der Waals surface area contributed by atoms with Crippen LogP contribution >= 0.6 is 11.5 Å². The summed E-state index contributed by atoms with van der Waals surface area (Å²) < 4.78 is 51.3. The van der Waals surface area contributed by atoms with Crippen LogP contribution in [-0.4, -0.2) is 28.3 Å². The molecule has 1 N–H and O–H groups in total. The van der Waals surface area contributed by atoms with Crippen LogP contribution < -0.4 is 5.32 Å². The minimum atomic E-state index is -4.04. The Morgan fingerprint density at radius 2 is 2.23 bits per heavy atom. The van der Waals surface area contributed by atoms with E-state index in [1.807, 2.05) is 0 Å². The van der Waals surface area contributed by atoms with Gasteiger partial charge in [0.15, 0.2) is 0 Å². The van der Waals surface area contributed by atoms with E-state index in [4.69, 9.17) is 0 Å². The summed E-state index contributed by atoms with van der Waals surface area (Å²) >= 11 is 0.825. The molecule has 1 rings (SSSR count). The summed E-state index contributed by atoms with van der Waals surface area (Å²) in [6.07, 6.45) is -2.53. The molecule has 0 saturated heterocycles. The van der Waals surface area contributed by atoms with E-state index in [1.54, 1.807) is 0 Å². The van der Waals surface area contributed by atoms with Crippen molar-refractivity contribution in [1.82, 2.24) is 9.36 Å². The number of anilines is 1. The van der Waals surface area contributed by atoms with Gasteiger partial charge in [0, 0.05) is 11.5 Å². The summed E-state index contributed by atoms with van der Waals surface area (Å²) in [5.74, 6) is -4.04. The normalized spacial score (nSPS) is 12.1. The zero-order valence-corrected chi connectivity index (χ0v) is 6.99. The van der Waals surface area contributed by atoms with E-state index in [-0.39, 0.29) is 5.13 Å². The van der Waals surface area contributed by atoms with Gasteiger partial charge in [0.2, 0.25) is 5.13 Å². The summed E-state index contributed by atoms with van der Waals surface area (Å²) in [4.78, 5) is 3.50. The van der Waals surface area contributed by atoms with Crippen LogP contribution in [0.15, 0.2) is 6.33 Å². The molecule has 3 nitrogen and oxygen atoms in total. The van der Waals surface area contributed by atoms with Crippen LogP contribution in [0.1, 0.15) is 0 Å². The summed E-state index contributed by atoms with van der Waals surface area (Å²) in [5, 5.41) is 2.16. The number of nitrogens with one attached hydrogen (secondary N) is 1. The molecule has 0 aliphatic carbocycles. The van der Waals surface area contributed by atoms with Gasteiger partial charge in [-0.25, -0.2) is 13.8 Å². The van der Waals surface area contributed by atoms with E-state index < -0.39 is 18.9 Å². The van der Waals surface area contributed by atoms with Crippen molar-refractivity contribution >= 4 is 16.7 Å². The smallest absolute Gasteiger partial charge is 0.324 e. The Bertz CT molecular complexity index is 250. The fourth-order valence-corrected chi connectivity index (χ4v) is 0.947. The monoisotopic (exact) mass is 215 g/mol. The molecule has 0 fully saturated rings. The van der Waals surface area contributed by atoms with Gasteiger partial charge >= 0.3 is 12.3 Å². The molecule has 0 bridgehead atoms. The third-order valence-electron chi connectivity index (χ3n) is 1.16. The van der Waals surface area contributed by atoms with Crippen molar-refractivity contribution in [2.24, 2.45) is 0 Å². The van der Waals surface area contributed by atoms with Gasteiger partial charge in [0.25, 0.3) is 0 Å². The van der Waals surface area contributed by atoms with E-state index >= 15 is 0 Å². The lowest BCUT2D eigenvalue weighted by Gasteiger charge is -2.14. The molecule has 0 radical (unpaired) electrons. The van der Waals surface area contributed by atoms with Crippen molar-refractivity contribution < 1.29 is 17.6 Å². The Balaban J connectivity index is 2.42. The lowest BCUT2D eigenvalue weighted by molar-refractivity contribution is -0.117. The van der Waals surface area contributed by atoms with E-state index in [0.717, 1.165) is 17.9 Å². The topological polar surface area (TPSA) is 37.8 Å². The zero-order chi connectivity index (χ0) is 9.90. The maximum absolute atomic E-state index is 12.3. The molecule has 8 heteroatoms. The van der Waals surface area contributed by atoms with Crippen molar-refractivity contribution in [2.45, 2.75) is 12.3 Å². The van der Waals surface area contributed by atoms with Crippen LogP contribution in [0.2, 0.25) is 0 Å². The molecule has 1 aromatic heterocycles. The standard InChI is InChI=1S/C5H5F4N3S/c6-3(7)5(8,9)1-10-4-11-2-12-13-4/h2-3H,1H2,(H,10,11,12). The fraction of sp³-hybridized carbons (Fsp3) is 0.600. The number of hydrogen-bond donors (Lipinski definition) is 1. The first-order chi connectivity index (χ1) is 6.02. The van der Waals surface area contributed by atoms with Crippen LogP contribution in [0.3, 0.4) is 0 Å². The SMILES string of the molecule is FC(F)C(F)(F)CNc1ncns1. The average Bonchev–Trinajstić information content (AvgIpc) is 2.52. The van der Waals surface area contributed by atoms with E-state index in [0.29, 0.717) is 0 Å². The lowest BCUT2D eigenvalue weighted by atomic mass is 10.3. The molecular formula is C5H5F4N3S. The Morgan fingerprint density at radius 3 is 2.69 bits per heavy atom. The van der Waals surface area contributed by atoms with Crippen LogP contribution in [0.5, 0.6) is 0 Å². The highest BCUT2D eigenvalue weighted by Gasteiger charge is 2.40. The molecule has 0 aromatic carbocycles. The first-order valence-corrected chi connectivity index (χ1v) is 3.96. The first-order valence-electron chi connectivity index (χ1n) is 3.19. The van der Waals surface area contributed by atoms with Crippen molar-refractivity contribution in [3.63, 3.8) is 0 Å². The second kappa shape index (κ2) is 3.86. The number of alkyl halides is 4.